The molecule has 0 saturated carbocycles. The van der Waals surface area contributed by atoms with Crippen LogP contribution in [0.5, 0.6) is 0 Å². The van der Waals surface area contributed by atoms with Gasteiger partial charge in [-0.05, 0) is 34.6 Å². The topological polar surface area (TPSA) is 54.2 Å². The molecule has 2 aromatic heterocycles. The highest BCUT2D eigenvalue weighted by atomic mass is 79.9. The summed E-state index contributed by atoms with van der Waals surface area (Å²) in [6, 6.07) is 3.87. The van der Waals surface area contributed by atoms with Crippen LogP contribution in [-0.2, 0) is 0 Å². The molecule has 0 aliphatic rings. The lowest BCUT2D eigenvalue weighted by atomic mass is 10.5. The lowest BCUT2D eigenvalue weighted by molar-refractivity contribution is 0.736. The average molecular weight is 284 g/mol. The molecule has 2 heterocycles. The minimum absolute atomic E-state index is 0.663. The highest BCUT2D eigenvalue weighted by molar-refractivity contribution is 9.10. The molecule has 0 aliphatic heterocycles. The van der Waals surface area contributed by atoms with E-state index in [4.69, 9.17) is 0 Å². The maximum Gasteiger partial charge on any atom is 0.243 e. The zero-order chi connectivity index (χ0) is 11.4. The molecule has 6 heteroatoms. The summed E-state index contributed by atoms with van der Waals surface area (Å²) in [7, 11) is 0. The van der Waals surface area contributed by atoms with Gasteiger partial charge in [0.15, 0.2) is 5.65 Å². The van der Waals surface area contributed by atoms with E-state index in [0.717, 1.165) is 29.8 Å². The molecule has 2 N–H and O–H groups in total. The van der Waals surface area contributed by atoms with Crippen molar-refractivity contribution in [3.05, 3.63) is 22.8 Å². The normalized spacial score (nSPS) is 10.9. The molecular weight excluding hydrogens is 270 g/mol. The number of nitrogens with zero attached hydrogens (tertiary/aromatic N) is 3. The molecule has 16 heavy (non-hydrogen) atoms. The van der Waals surface area contributed by atoms with Crippen LogP contribution < -0.4 is 10.6 Å². The fraction of sp³-hybridized carbons (Fsp3) is 0.400. The maximum absolute atomic E-state index is 4.34. The van der Waals surface area contributed by atoms with Gasteiger partial charge in [-0.25, -0.2) is 4.52 Å². The smallest absolute Gasteiger partial charge is 0.243 e. The van der Waals surface area contributed by atoms with Crippen LogP contribution >= 0.6 is 15.9 Å². The van der Waals surface area contributed by atoms with Gasteiger partial charge in [-0.1, -0.05) is 6.92 Å². The van der Waals surface area contributed by atoms with Gasteiger partial charge in [0.1, 0.15) is 0 Å². The number of fused-ring (bicyclic) bond motifs is 1. The lowest BCUT2D eigenvalue weighted by Gasteiger charge is -2.00. The Bertz CT molecular complexity index is 467. The van der Waals surface area contributed by atoms with Crippen LogP contribution in [0.15, 0.2) is 22.8 Å². The van der Waals surface area contributed by atoms with Crippen LogP contribution in [0, 0.1) is 0 Å². The van der Waals surface area contributed by atoms with Gasteiger partial charge in [0, 0.05) is 23.8 Å². The van der Waals surface area contributed by atoms with Gasteiger partial charge < -0.3 is 10.6 Å². The first-order valence-corrected chi connectivity index (χ1v) is 6.05. The number of hydrogen-bond donors (Lipinski definition) is 2. The Morgan fingerprint density at radius 3 is 3.06 bits per heavy atom. The number of pyridine rings is 1. The molecule has 0 unspecified atom stereocenters. The first-order chi connectivity index (χ1) is 7.79. The fourth-order valence-corrected chi connectivity index (χ4v) is 1.70. The van der Waals surface area contributed by atoms with Crippen molar-refractivity contribution in [2.45, 2.75) is 6.92 Å². The number of nitrogens with one attached hydrogen (secondary N) is 2. The standard InChI is InChI=1S/C10H14BrN5/c1-2-12-5-6-13-10-14-9-4-3-8(11)7-16(9)15-10/h3-4,7,12H,2,5-6H2,1H3,(H,13,15). The van der Waals surface area contributed by atoms with Crippen LogP contribution in [0.25, 0.3) is 5.65 Å². The number of aromatic nitrogens is 3. The monoisotopic (exact) mass is 283 g/mol. The summed E-state index contributed by atoms with van der Waals surface area (Å²) in [5.41, 5.74) is 0.842. The summed E-state index contributed by atoms with van der Waals surface area (Å²) in [4.78, 5) is 4.34. The number of halogens is 1. The molecular formula is C10H14BrN5. The highest BCUT2D eigenvalue weighted by Gasteiger charge is 2.02. The third-order valence-electron chi connectivity index (χ3n) is 2.13. The Labute approximate surface area is 102 Å². The van der Waals surface area contributed by atoms with Crippen molar-refractivity contribution in [2.75, 3.05) is 25.0 Å². The Hall–Kier alpha value is -1.14. The Balaban J connectivity index is 2.02. The van der Waals surface area contributed by atoms with E-state index >= 15 is 0 Å². The third-order valence-corrected chi connectivity index (χ3v) is 2.60. The van der Waals surface area contributed by atoms with E-state index in [-0.39, 0.29) is 0 Å². The predicted molar refractivity (Wildman–Crippen MR) is 67.7 cm³/mol. The van der Waals surface area contributed by atoms with Crippen molar-refractivity contribution in [3.8, 4) is 0 Å². The van der Waals surface area contributed by atoms with Gasteiger partial charge in [-0.2, -0.15) is 4.98 Å². The summed E-state index contributed by atoms with van der Waals surface area (Å²) < 4.78 is 2.74. The Morgan fingerprint density at radius 1 is 1.38 bits per heavy atom. The van der Waals surface area contributed by atoms with Crippen LogP contribution in [0.4, 0.5) is 5.95 Å². The van der Waals surface area contributed by atoms with Gasteiger partial charge in [0.05, 0.1) is 0 Å². The van der Waals surface area contributed by atoms with Crippen LogP contribution in [0.1, 0.15) is 6.92 Å². The van der Waals surface area contributed by atoms with E-state index in [1.54, 1.807) is 4.52 Å². The van der Waals surface area contributed by atoms with Gasteiger partial charge in [0.2, 0.25) is 5.95 Å². The largest absolute Gasteiger partial charge is 0.352 e. The molecule has 0 fully saturated rings. The minimum atomic E-state index is 0.663. The molecule has 0 spiro atoms. The van der Waals surface area contributed by atoms with E-state index in [2.05, 4.69) is 43.6 Å². The molecule has 5 nitrogen and oxygen atoms in total. The molecule has 0 aromatic carbocycles. The van der Waals surface area contributed by atoms with E-state index in [9.17, 15) is 0 Å². The number of hydrogen-bond acceptors (Lipinski definition) is 4. The summed E-state index contributed by atoms with van der Waals surface area (Å²) >= 11 is 3.40. The number of rotatable bonds is 5. The van der Waals surface area contributed by atoms with Gasteiger partial charge in [-0.3, -0.25) is 0 Å². The third kappa shape index (κ3) is 2.70. The maximum atomic E-state index is 4.34. The van der Waals surface area contributed by atoms with Gasteiger partial charge >= 0.3 is 0 Å². The first-order valence-electron chi connectivity index (χ1n) is 5.26. The molecule has 0 radical (unpaired) electrons. The van der Waals surface area contributed by atoms with Gasteiger partial charge in [0.25, 0.3) is 0 Å². The molecule has 0 atom stereocenters. The van der Waals surface area contributed by atoms with E-state index in [0.29, 0.717) is 5.95 Å². The second-order valence-corrected chi connectivity index (χ2v) is 4.28. The molecule has 2 aromatic rings. The molecule has 0 saturated heterocycles. The van der Waals surface area contributed by atoms with E-state index < -0.39 is 0 Å². The number of likely N-dealkylation sites (N-methyl/N-ethyl adjacent to an activating group) is 1. The fourth-order valence-electron chi connectivity index (χ4n) is 1.37. The van der Waals surface area contributed by atoms with E-state index in [1.807, 2.05) is 18.3 Å². The number of anilines is 1. The highest BCUT2D eigenvalue weighted by Crippen LogP contribution is 2.11. The van der Waals surface area contributed by atoms with Gasteiger partial charge in [-0.15, -0.1) is 5.10 Å². The van der Waals surface area contributed by atoms with Crippen molar-refractivity contribution in [1.82, 2.24) is 19.9 Å². The molecule has 86 valence electrons. The quantitative estimate of drug-likeness (QED) is 0.817. The SMILES string of the molecule is CCNCCNc1nc2ccc(Br)cn2n1. The minimum Gasteiger partial charge on any atom is -0.352 e. The van der Waals surface area contributed by atoms with Crippen molar-refractivity contribution in [1.29, 1.82) is 0 Å². The van der Waals surface area contributed by atoms with Crippen molar-refractivity contribution >= 4 is 27.5 Å². The Kier molecular flexibility index (Phi) is 3.74. The molecule has 0 aliphatic carbocycles. The molecule has 2 rings (SSSR count). The average Bonchev–Trinajstić information content (AvgIpc) is 2.66. The summed E-state index contributed by atoms with van der Waals surface area (Å²) in [5, 5.41) is 10.7. The van der Waals surface area contributed by atoms with Crippen molar-refractivity contribution in [2.24, 2.45) is 0 Å². The zero-order valence-electron chi connectivity index (χ0n) is 9.07. The predicted octanol–water partition coefficient (Wildman–Crippen LogP) is 1.51. The van der Waals surface area contributed by atoms with Crippen LogP contribution in [0.3, 0.4) is 0 Å². The summed E-state index contributed by atoms with van der Waals surface area (Å²) in [5.74, 6) is 0.663. The van der Waals surface area contributed by atoms with Crippen molar-refractivity contribution in [3.63, 3.8) is 0 Å². The van der Waals surface area contributed by atoms with Crippen LogP contribution in [0.2, 0.25) is 0 Å². The second-order valence-electron chi connectivity index (χ2n) is 3.37. The second kappa shape index (κ2) is 5.27. The van der Waals surface area contributed by atoms with E-state index in [1.165, 1.54) is 0 Å². The summed E-state index contributed by atoms with van der Waals surface area (Å²) in [6.45, 7) is 4.80. The van der Waals surface area contributed by atoms with Crippen molar-refractivity contribution < 1.29 is 0 Å². The Morgan fingerprint density at radius 2 is 2.25 bits per heavy atom. The zero-order valence-corrected chi connectivity index (χ0v) is 10.7. The molecule has 0 amide bonds. The molecule has 0 bridgehead atoms. The first kappa shape index (κ1) is 11.3. The van der Waals surface area contributed by atoms with Crippen LogP contribution in [-0.4, -0.2) is 34.2 Å². The lowest BCUT2D eigenvalue weighted by Crippen LogP contribution is -2.21. The summed E-state index contributed by atoms with van der Waals surface area (Å²) in [6.07, 6.45) is 1.89.